The van der Waals surface area contributed by atoms with Crippen LogP contribution >= 0.6 is 11.6 Å². The highest BCUT2D eigenvalue weighted by molar-refractivity contribution is 6.32. The molecule has 24 heavy (non-hydrogen) atoms. The summed E-state index contributed by atoms with van der Waals surface area (Å²) in [6.45, 7) is 2.29. The average molecular weight is 365 g/mol. The van der Waals surface area contributed by atoms with Crippen LogP contribution in [0.25, 0.3) is 0 Å². The monoisotopic (exact) mass is 364 g/mol. The van der Waals surface area contributed by atoms with Crippen LogP contribution in [0.2, 0.25) is 5.02 Å². The summed E-state index contributed by atoms with van der Waals surface area (Å²) in [4.78, 5) is 17.6. The molecule has 0 aliphatic carbocycles. The zero-order chi connectivity index (χ0) is 17.7. The van der Waals surface area contributed by atoms with Gasteiger partial charge in [0, 0.05) is 32.3 Å². The van der Waals surface area contributed by atoms with Crippen molar-refractivity contribution >= 4 is 23.3 Å². The highest BCUT2D eigenvalue weighted by atomic mass is 35.5. The van der Waals surface area contributed by atoms with E-state index in [2.05, 4.69) is 10.3 Å². The van der Waals surface area contributed by atoms with E-state index < -0.39 is 11.7 Å². The summed E-state index contributed by atoms with van der Waals surface area (Å²) in [6.07, 6.45) is -1.73. The number of aromatic nitrogens is 1. The zero-order valence-electron chi connectivity index (χ0n) is 13.1. The van der Waals surface area contributed by atoms with Crippen molar-refractivity contribution in [2.45, 2.75) is 25.4 Å². The van der Waals surface area contributed by atoms with E-state index in [0.717, 1.165) is 18.9 Å². The number of nitrogens with one attached hydrogen (secondary N) is 1. The van der Waals surface area contributed by atoms with Crippen molar-refractivity contribution in [1.82, 2.24) is 9.88 Å². The van der Waals surface area contributed by atoms with E-state index in [4.69, 9.17) is 17.3 Å². The summed E-state index contributed by atoms with van der Waals surface area (Å²) in [5, 5.41) is 2.68. The SMILES string of the molecule is NCC1CCN(C(=O)CCNc2ncc(C(F)(F)F)cc2Cl)CC1. The van der Waals surface area contributed by atoms with Crippen LogP contribution in [0.15, 0.2) is 12.3 Å². The number of amides is 1. The molecule has 5 nitrogen and oxygen atoms in total. The first-order valence-electron chi connectivity index (χ1n) is 7.75. The smallest absolute Gasteiger partial charge is 0.368 e. The number of rotatable bonds is 5. The number of pyridine rings is 1. The first kappa shape index (κ1) is 18.8. The molecule has 3 N–H and O–H groups in total. The van der Waals surface area contributed by atoms with Crippen LogP contribution in [0.1, 0.15) is 24.8 Å². The second-order valence-electron chi connectivity index (χ2n) is 5.79. The van der Waals surface area contributed by atoms with Gasteiger partial charge in [-0.25, -0.2) is 4.98 Å². The molecule has 1 aromatic heterocycles. The summed E-state index contributed by atoms with van der Waals surface area (Å²) in [5.74, 6) is 0.614. The lowest BCUT2D eigenvalue weighted by Crippen LogP contribution is -2.40. The molecule has 0 unspecified atom stereocenters. The van der Waals surface area contributed by atoms with Crippen molar-refractivity contribution in [3.05, 3.63) is 22.8 Å². The molecule has 2 rings (SSSR count). The minimum absolute atomic E-state index is 0.000931. The molecule has 1 fully saturated rings. The molecule has 0 spiro atoms. The third-order valence-corrected chi connectivity index (χ3v) is 4.39. The molecule has 1 amide bonds. The van der Waals surface area contributed by atoms with Crippen molar-refractivity contribution in [2.75, 3.05) is 31.5 Å². The Bertz CT molecular complexity index is 574. The maximum absolute atomic E-state index is 12.5. The Balaban J connectivity index is 1.81. The summed E-state index contributed by atoms with van der Waals surface area (Å²) >= 11 is 5.80. The molecule has 1 saturated heterocycles. The Kier molecular flexibility index (Phi) is 6.28. The van der Waals surface area contributed by atoms with Crippen molar-refractivity contribution in [1.29, 1.82) is 0 Å². The lowest BCUT2D eigenvalue weighted by Gasteiger charge is -2.31. The molecule has 0 saturated carbocycles. The number of nitrogens with two attached hydrogens (primary N) is 1. The lowest BCUT2D eigenvalue weighted by atomic mass is 9.97. The van der Waals surface area contributed by atoms with Crippen LogP contribution in [0, 0.1) is 5.92 Å². The van der Waals surface area contributed by atoms with E-state index in [9.17, 15) is 18.0 Å². The molecule has 1 aliphatic rings. The molecule has 0 aromatic carbocycles. The summed E-state index contributed by atoms with van der Waals surface area (Å²) in [7, 11) is 0. The Labute approximate surface area is 143 Å². The first-order chi connectivity index (χ1) is 11.3. The van der Waals surface area contributed by atoms with E-state index in [1.54, 1.807) is 4.90 Å². The van der Waals surface area contributed by atoms with Gasteiger partial charge in [0.2, 0.25) is 5.91 Å². The van der Waals surface area contributed by atoms with Gasteiger partial charge in [0.25, 0.3) is 0 Å². The lowest BCUT2D eigenvalue weighted by molar-refractivity contribution is -0.137. The van der Waals surface area contributed by atoms with Crippen LogP contribution in [0.3, 0.4) is 0 Å². The quantitative estimate of drug-likeness (QED) is 0.842. The standard InChI is InChI=1S/C15H20ClF3N4O/c16-12-7-11(15(17,18)19)9-22-14(12)21-4-1-13(24)23-5-2-10(8-20)3-6-23/h7,9-10H,1-6,8,20H2,(H,21,22). The third-order valence-electron chi connectivity index (χ3n) is 4.10. The van der Waals surface area contributed by atoms with Gasteiger partial charge in [-0.15, -0.1) is 0 Å². The Morgan fingerprint density at radius 1 is 1.42 bits per heavy atom. The molecule has 1 aliphatic heterocycles. The Morgan fingerprint density at radius 3 is 2.62 bits per heavy atom. The van der Waals surface area contributed by atoms with Crippen LogP contribution < -0.4 is 11.1 Å². The molecular weight excluding hydrogens is 345 g/mol. The number of halogens is 4. The summed E-state index contributed by atoms with van der Waals surface area (Å²) in [5.41, 5.74) is 4.71. The van der Waals surface area contributed by atoms with E-state index in [-0.39, 0.29) is 29.7 Å². The fourth-order valence-corrected chi connectivity index (χ4v) is 2.82. The van der Waals surface area contributed by atoms with Gasteiger partial charge in [0.1, 0.15) is 5.82 Å². The van der Waals surface area contributed by atoms with Crippen LogP contribution in [0.5, 0.6) is 0 Å². The fourth-order valence-electron chi connectivity index (χ4n) is 2.59. The van der Waals surface area contributed by atoms with Gasteiger partial charge in [-0.05, 0) is 31.4 Å². The number of carbonyl (C=O) groups is 1. The van der Waals surface area contributed by atoms with Crippen LogP contribution in [0.4, 0.5) is 19.0 Å². The van der Waals surface area contributed by atoms with Crippen molar-refractivity contribution in [3.8, 4) is 0 Å². The topological polar surface area (TPSA) is 71.2 Å². The summed E-state index contributed by atoms with van der Waals surface area (Å²) in [6, 6.07) is 0.816. The van der Waals surface area contributed by atoms with Gasteiger partial charge in [-0.1, -0.05) is 11.6 Å². The normalized spacial score (nSPS) is 16.3. The van der Waals surface area contributed by atoms with Gasteiger partial charge in [0.05, 0.1) is 10.6 Å². The van der Waals surface area contributed by atoms with Crippen molar-refractivity contribution in [2.24, 2.45) is 11.7 Å². The van der Waals surface area contributed by atoms with E-state index >= 15 is 0 Å². The predicted molar refractivity (Wildman–Crippen MR) is 85.7 cm³/mol. The summed E-state index contributed by atoms with van der Waals surface area (Å²) < 4.78 is 37.6. The van der Waals surface area contributed by atoms with Crippen molar-refractivity contribution in [3.63, 3.8) is 0 Å². The number of likely N-dealkylation sites (tertiary alicyclic amines) is 1. The van der Waals surface area contributed by atoms with Gasteiger partial charge in [0.15, 0.2) is 0 Å². The Morgan fingerprint density at radius 2 is 2.08 bits per heavy atom. The zero-order valence-corrected chi connectivity index (χ0v) is 13.8. The maximum Gasteiger partial charge on any atom is 0.417 e. The number of hydrogen-bond acceptors (Lipinski definition) is 4. The number of nitrogens with zero attached hydrogens (tertiary/aromatic N) is 2. The minimum Gasteiger partial charge on any atom is -0.368 e. The van der Waals surface area contributed by atoms with Crippen LogP contribution in [-0.2, 0) is 11.0 Å². The minimum atomic E-state index is -4.49. The van der Waals surface area contributed by atoms with Crippen LogP contribution in [-0.4, -0.2) is 42.0 Å². The average Bonchev–Trinajstić information content (AvgIpc) is 2.55. The first-order valence-corrected chi connectivity index (χ1v) is 8.13. The van der Waals surface area contributed by atoms with Gasteiger partial charge in [-0.3, -0.25) is 4.79 Å². The third kappa shape index (κ3) is 4.98. The van der Waals surface area contributed by atoms with Gasteiger partial charge in [-0.2, -0.15) is 13.2 Å². The van der Waals surface area contributed by atoms with E-state index in [0.29, 0.717) is 31.7 Å². The molecule has 9 heteroatoms. The number of piperidine rings is 1. The largest absolute Gasteiger partial charge is 0.417 e. The second kappa shape index (κ2) is 8.02. The van der Waals surface area contributed by atoms with Crippen molar-refractivity contribution < 1.29 is 18.0 Å². The predicted octanol–water partition coefficient (Wildman–Crippen LogP) is 2.75. The second-order valence-corrected chi connectivity index (χ2v) is 6.20. The fraction of sp³-hybridized carbons (Fsp3) is 0.600. The number of anilines is 1. The maximum atomic E-state index is 12.5. The molecule has 134 valence electrons. The molecule has 0 atom stereocenters. The number of alkyl halides is 3. The van der Waals surface area contributed by atoms with E-state index in [1.807, 2.05) is 0 Å². The van der Waals surface area contributed by atoms with E-state index in [1.165, 1.54) is 0 Å². The highest BCUT2D eigenvalue weighted by Gasteiger charge is 2.31. The molecule has 2 heterocycles. The Hall–Kier alpha value is -1.54. The number of hydrogen-bond donors (Lipinski definition) is 2. The highest BCUT2D eigenvalue weighted by Crippen LogP contribution is 2.32. The molecule has 0 radical (unpaired) electrons. The number of carbonyl (C=O) groups excluding carboxylic acids is 1. The van der Waals surface area contributed by atoms with Gasteiger partial charge >= 0.3 is 6.18 Å². The molecule has 0 bridgehead atoms. The van der Waals surface area contributed by atoms with Gasteiger partial charge < -0.3 is 16.0 Å². The molecule has 1 aromatic rings. The molecular formula is C15H20ClF3N4O.